The first-order valence-corrected chi connectivity index (χ1v) is 9.87. The predicted octanol–water partition coefficient (Wildman–Crippen LogP) is 7.78. The summed E-state index contributed by atoms with van der Waals surface area (Å²) >= 11 is 0. The molecule has 1 aliphatic rings. The van der Waals surface area contributed by atoms with E-state index in [0.717, 1.165) is 24.0 Å². The second kappa shape index (κ2) is 7.16. The molecule has 154 valence electrons. The van der Waals surface area contributed by atoms with Crippen LogP contribution in [-0.4, -0.2) is 12.9 Å². The Kier molecular flexibility index (Phi) is 5.27. The Morgan fingerprint density at radius 1 is 0.966 bits per heavy atom. The predicted molar refractivity (Wildman–Crippen MR) is 116 cm³/mol. The molecule has 0 aliphatic heterocycles. The van der Waals surface area contributed by atoms with Gasteiger partial charge in [-0.1, -0.05) is 52.0 Å². The lowest BCUT2D eigenvalue weighted by Crippen LogP contribution is -2.34. The molecule has 0 radical (unpaired) electrons. The Balaban J connectivity index is 2.19. The molecule has 0 atom stereocenters. The summed E-state index contributed by atoms with van der Waals surface area (Å²) in [5, 5.41) is 0. The van der Waals surface area contributed by atoms with Crippen LogP contribution in [0.25, 0.3) is 11.6 Å². The number of hydrogen-bond acceptors (Lipinski definition) is 1. The largest absolute Gasteiger partial charge is 0.417 e. The first-order chi connectivity index (χ1) is 13.3. The van der Waals surface area contributed by atoms with Gasteiger partial charge >= 0.3 is 6.18 Å². The lowest BCUT2D eigenvalue weighted by atomic mass is 9.62. The van der Waals surface area contributed by atoms with Gasteiger partial charge in [-0.2, -0.15) is 13.2 Å². The minimum Gasteiger partial charge on any atom is -0.265 e. The van der Waals surface area contributed by atoms with Gasteiger partial charge in [0.05, 0.1) is 11.3 Å². The van der Waals surface area contributed by atoms with Crippen LogP contribution in [0.3, 0.4) is 0 Å². The van der Waals surface area contributed by atoms with Crippen LogP contribution in [-0.2, 0) is 10.8 Å². The summed E-state index contributed by atoms with van der Waals surface area (Å²) < 4.78 is 41.7. The van der Waals surface area contributed by atoms with Gasteiger partial charge in [-0.25, -0.2) is 0 Å². The molecular weight excluding hydrogens is 371 g/mol. The number of fused-ring (bicyclic) bond motifs is 1. The molecule has 0 saturated heterocycles. The molecule has 0 spiro atoms. The van der Waals surface area contributed by atoms with Crippen molar-refractivity contribution in [2.75, 3.05) is 0 Å². The van der Waals surface area contributed by atoms with Gasteiger partial charge in [-0.3, -0.25) is 4.99 Å². The fourth-order valence-corrected chi connectivity index (χ4v) is 4.13. The highest BCUT2D eigenvalue weighted by atomic mass is 19.4. The van der Waals surface area contributed by atoms with E-state index in [1.54, 1.807) is 12.1 Å². The Hall–Kier alpha value is -2.36. The van der Waals surface area contributed by atoms with Gasteiger partial charge in [0.25, 0.3) is 0 Å². The van der Waals surface area contributed by atoms with Crippen LogP contribution in [0.15, 0.2) is 41.4 Å². The summed E-state index contributed by atoms with van der Waals surface area (Å²) in [5.74, 6) is 0. The Bertz CT molecular complexity index is 961. The first-order valence-electron chi connectivity index (χ1n) is 9.87. The molecule has 0 unspecified atom stereocenters. The van der Waals surface area contributed by atoms with Crippen molar-refractivity contribution >= 4 is 24.1 Å². The highest BCUT2D eigenvalue weighted by Crippen LogP contribution is 2.47. The van der Waals surface area contributed by atoms with Crippen molar-refractivity contribution in [3.63, 3.8) is 0 Å². The molecule has 0 fully saturated rings. The van der Waals surface area contributed by atoms with Gasteiger partial charge in [0.1, 0.15) is 0 Å². The Morgan fingerprint density at radius 2 is 1.48 bits per heavy atom. The third-order valence-corrected chi connectivity index (χ3v) is 6.21. The molecule has 1 nitrogen and oxygen atoms in total. The molecule has 2 aromatic carbocycles. The van der Waals surface area contributed by atoms with Crippen molar-refractivity contribution in [3.05, 3.63) is 64.2 Å². The Labute approximate surface area is 171 Å². The average molecular weight is 400 g/mol. The van der Waals surface area contributed by atoms with E-state index in [9.17, 15) is 13.2 Å². The van der Waals surface area contributed by atoms with E-state index < -0.39 is 11.7 Å². The van der Waals surface area contributed by atoms with Crippen molar-refractivity contribution in [2.45, 2.75) is 64.5 Å². The van der Waals surface area contributed by atoms with E-state index in [1.807, 2.05) is 13.0 Å². The minimum absolute atomic E-state index is 0.0260. The van der Waals surface area contributed by atoms with E-state index >= 15 is 0 Å². The summed E-state index contributed by atoms with van der Waals surface area (Å²) in [6.07, 6.45) is -1.09. The van der Waals surface area contributed by atoms with E-state index in [2.05, 4.69) is 45.5 Å². The van der Waals surface area contributed by atoms with Gasteiger partial charge in [0, 0.05) is 0 Å². The van der Waals surface area contributed by atoms with E-state index in [1.165, 1.54) is 23.8 Å². The lowest BCUT2D eigenvalue weighted by molar-refractivity contribution is -0.0683. The highest BCUT2D eigenvalue weighted by molar-refractivity contribution is 5.85. The molecule has 4 heteroatoms. The van der Waals surface area contributed by atoms with E-state index in [0.29, 0.717) is 11.3 Å². The monoisotopic (exact) mass is 399 g/mol. The van der Waals surface area contributed by atoms with Gasteiger partial charge < -0.3 is 0 Å². The van der Waals surface area contributed by atoms with Crippen LogP contribution in [0.5, 0.6) is 0 Å². The molecule has 0 heterocycles. The molecule has 0 bridgehead atoms. The maximum Gasteiger partial charge on any atom is 0.417 e. The van der Waals surface area contributed by atoms with Gasteiger partial charge in [0.15, 0.2) is 0 Å². The zero-order valence-electron chi connectivity index (χ0n) is 17.7. The molecule has 1 aliphatic carbocycles. The van der Waals surface area contributed by atoms with Crippen molar-refractivity contribution in [1.82, 2.24) is 0 Å². The number of aryl methyl sites for hydroxylation is 1. The lowest BCUT2D eigenvalue weighted by Gasteiger charge is -2.42. The fraction of sp³-hybridized carbons (Fsp3) is 0.400. The number of alkyl halides is 3. The minimum atomic E-state index is -4.46. The van der Waals surface area contributed by atoms with Crippen molar-refractivity contribution in [2.24, 2.45) is 4.99 Å². The molecule has 2 aromatic rings. The quantitative estimate of drug-likeness (QED) is 0.369. The molecular formula is C25H28F3N. The molecule has 3 rings (SSSR count). The van der Waals surface area contributed by atoms with Crippen LogP contribution in [0.1, 0.15) is 68.4 Å². The van der Waals surface area contributed by atoms with Crippen molar-refractivity contribution in [1.29, 1.82) is 0 Å². The highest BCUT2D eigenvalue weighted by Gasteiger charge is 2.38. The van der Waals surface area contributed by atoms with Crippen LogP contribution >= 0.6 is 0 Å². The van der Waals surface area contributed by atoms with Gasteiger partial charge in [-0.15, -0.1) is 0 Å². The van der Waals surface area contributed by atoms with Gasteiger partial charge in [0.2, 0.25) is 0 Å². The zero-order chi connectivity index (χ0) is 21.6. The maximum atomic E-state index is 13.9. The summed E-state index contributed by atoms with van der Waals surface area (Å²) in [6, 6.07) is 10.0. The number of benzene rings is 2. The smallest absolute Gasteiger partial charge is 0.265 e. The maximum absolute atomic E-state index is 13.9. The van der Waals surface area contributed by atoms with E-state index in [-0.39, 0.29) is 16.4 Å². The number of aliphatic imine (C=N–C) groups is 1. The molecule has 0 amide bonds. The van der Waals surface area contributed by atoms with Crippen molar-refractivity contribution < 1.29 is 13.2 Å². The number of halogens is 3. The topological polar surface area (TPSA) is 12.4 Å². The third-order valence-electron chi connectivity index (χ3n) is 6.21. The second-order valence-corrected chi connectivity index (χ2v) is 9.28. The van der Waals surface area contributed by atoms with Crippen LogP contribution < -0.4 is 0 Å². The standard InChI is InChI=1S/C25H28F3N/c1-16-13-21-22(24(4,5)12-11-23(21,2)3)15-18(16)14-20(25(26,27)28)17-7-9-19(29-6)10-8-17/h7-10,13-15H,6,11-12H2,1-5H3/b20-14+. The fourth-order valence-electron chi connectivity index (χ4n) is 4.13. The third kappa shape index (κ3) is 4.17. The van der Waals surface area contributed by atoms with Crippen LogP contribution in [0.2, 0.25) is 0 Å². The second-order valence-electron chi connectivity index (χ2n) is 9.28. The normalized spacial score (nSPS) is 18.3. The summed E-state index contributed by atoms with van der Waals surface area (Å²) in [7, 11) is 0. The van der Waals surface area contributed by atoms with Gasteiger partial charge in [-0.05, 0) is 83.3 Å². The summed E-state index contributed by atoms with van der Waals surface area (Å²) in [4.78, 5) is 3.76. The molecule has 0 aromatic heterocycles. The zero-order valence-corrected chi connectivity index (χ0v) is 17.7. The van der Waals surface area contributed by atoms with Crippen LogP contribution in [0.4, 0.5) is 18.9 Å². The SMILES string of the molecule is C=Nc1ccc(/C(=C\c2cc3c(cc2C)C(C)(C)CCC3(C)C)C(F)(F)F)cc1. The van der Waals surface area contributed by atoms with Crippen LogP contribution in [0, 0.1) is 6.92 Å². The number of hydrogen-bond donors (Lipinski definition) is 0. The van der Waals surface area contributed by atoms with E-state index in [4.69, 9.17) is 0 Å². The average Bonchev–Trinajstić information content (AvgIpc) is 2.63. The molecule has 0 N–H and O–H groups in total. The molecule has 29 heavy (non-hydrogen) atoms. The number of nitrogens with zero attached hydrogens (tertiary/aromatic N) is 1. The summed E-state index contributed by atoms with van der Waals surface area (Å²) in [5.41, 5.74) is 3.87. The summed E-state index contributed by atoms with van der Waals surface area (Å²) in [6.45, 7) is 14.1. The number of rotatable bonds is 3. The first kappa shape index (κ1) is 21.4. The molecule has 0 saturated carbocycles. The Morgan fingerprint density at radius 3 is 1.97 bits per heavy atom. The van der Waals surface area contributed by atoms with Crippen molar-refractivity contribution in [3.8, 4) is 0 Å². The number of allylic oxidation sites excluding steroid dienone is 1.